The molecule has 12 aromatic rings. The van der Waals surface area contributed by atoms with Gasteiger partial charge in [-0.05, 0) is 90.5 Å². The first-order valence-electron chi connectivity index (χ1n) is 30.7. The fourth-order valence-corrected chi connectivity index (χ4v) is 11.4. The van der Waals surface area contributed by atoms with Gasteiger partial charge in [0, 0.05) is 16.2 Å². The molecule has 12 rings (SSSR count). The molecule has 0 N–H and O–H groups in total. The molecule has 0 saturated heterocycles. The number of pyridine rings is 3. The van der Waals surface area contributed by atoms with E-state index in [0.717, 1.165) is 157 Å². The van der Waals surface area contributed by atoms with Gasteiger partial charge in [0.15, 0.2) is 0 Å². The van der Waals surface area contributed by atoms with Gasteiger partial charge in [0.1, 0.15) is 34.2 Å². The SMILES string of the molecule is CCCCCCCCc1cc(-c2[c-]ccc3c2oc2ccccc23)ncc1F.CCCCCCCCc1cc(-c2[c-]ccc3c2oc2ccccc23)ncc1F.CCCCCCCCc1cc(-c2[c-]ccc3c2oc2ccccc23)ncc1F.[Ir+3]. The van der Waals surface area contributed by atoms with Gasteiger partial charge in [-0.2, -0.15) is 0 Å². The summed E-state index contributed by atoms with van der Waals surface area (Å²) >= 11 is 0. The minimum Gasteiger partial charge on any atom is -0.501 e. The second-order valence-corrected chi connectivity index (χ2v) is 22.1. The van der Waals surface area contributed by atoms with Crippen LogP contribution in [0.4, 0.5) is 13.2 Å². The molecule has 0 spiro atoms. The molecule has 0 unspecified atom stereocenters. The van der Waals surface area contributed by atoms with E-state index in [9.17, 15) is 13.2 Å². The summed E-state index contributed by atoms with van der Waals surface area (Å²) in [6, 6.07) is 50.9. The van der Waals surface area contributed by atoms with Crippen LogP contribution in [-0.2, 0) is 39.4 Å². The van der Waals surface area contributed by atoms with Gasteiger partial charge in [-0.15, -0.1) is 54.6 Å². The number of rotatable bonds is 24. The number of nitrogens with zero attached hydrogens (tertiary/aromatic N) is 3. The van der Waals surface area contributed by atoms with Crippen molar-refractivity contribution in [3.8, 4) is 33.8 Å². The Morgan fingerprint density at radius 3 is 0.906 bits per heavy atom. The van der Waals surface area contributed by atoms with Gasteiger partial charge in [-0.1, -0.05) is 223 Å². The van der Waals surface area contributed by atoms with E-state index in [4.69, 9.17) is 13.3 Å². The summed E-state index contributed by atoms with van der Waals surface area (Å²) < 4.78 is 61.1. The maximum atomic E-state index is 14.3. The molecule has 0 bridgehead atoms. The van der Waals surface area contributed by atoms with E-state index in [0.29, 0.717) is 17.1 Å². The van der Waals surface area contributed by atoms with Crippen LogP contribution < -0.4 is 0 Å². The Morgan fingerprint density at radius 2 is 0.612 bits per heavy atom. The molecular weight excluding hydrogens is 1240 g/mol. The molecule has 0 radical (unpaired) electrons. The molecule has 0 atom stereocenters. The second-order valence-electron chi connectivity index (χ2n) is 22.1. The van der Waals surface area contributed by atoms with E-state index < -0.39 is 0 Å². The minimum absolute atomic E-state index is 0. The number of furan rings is 3. The van der Waals surface area contributed by atoms with Crippen LogP contribution in [0.15, 0.2) is 159 Å². The number of aryl methyl sites for hydroxylation is 3. The molecule has 6 aromatic carbocycles. The summed E-state index contributed by atoms with van der Waals surface area (Å²) in [6.07, 6.45) is 27.7. The zero-order valence-electron chi connectivity index (χ0n) is 49.2. The molecule has 0 saturated carbocycles. The number of aromatic nitrogens is 3. The van der Waals surface area contributed by atoms with E-state index in [1.807, 2.05) is 127 Å². The van der Waals surface area contributed by atoms with Crippen LogP contribution in [0.25, 0.3) is 99.6 Å². The Bertz CT molecular complexity index is 3670. The van der Waals surface area contributed by atoms with Crippen molar-refractivity contribution in [2.45, 2.75) is 156 Å². The maximum Gasteiger partial charge on any atom is 3.00 e. The van der Waals surface area contributed by atoms with Gasteiger partial charge < -0.3 is 28.2 Å². The van der Waals surface area contributed by atoms with Crippen LogP contribution >= 0.6 is 0 Å². The van der Waals surface area contributed by atoms with Crippen molar-refractivity contribution in [2.24, 2.45) is 0 Å². The summed E-state index contributed by atoms with van der Waals surface area (Å²) in [5.41, 5.74) is 11.5. The van der Waals surface area contributed by atoms with Gasteiger partial charge >= 0.3 is 20.1 Å². The van der Waals surface area contributed by atoms with Crippen LogP contribution in [0.5, 0.6) is 0 Å². The average Bonchev–Trinajstić information content (AvgIpc) is 4.21. The Labute approximate surface area is 512 Å². The van der Waals surface area contributed by atoms with Gasteiger partial charge in [0.25, 0.3) is 0 Å². The Balaban J connectivity index is 0.000000152. The molecule has 0 fully saturated rings. The predicted octanol–water partition coefficient (Wildman–Crippen LogP) is 22.5. The Morgan fingerprint density at radius 1 is 0.341 bits per heavy atom. The standard InChI is InChI=1S/3C25H25FNO.Ir/c3*1-2-3-4-5-6-7-11-18-16-23(27-17-22(18)26)21-14-10-13-20-19-12-8-9-15-24(19)28-25(20)21;/h3*8-10,12-13,15-17H,2-7,11H2,1H3;/q3*-1;+3. The monoisotopic (exact) mass is 1320 g/mol. The van der Waals surface area contributed by atoms with Crippen LogP contribution in [-0.4, -0.2) is 15.0 Å². The van der Waals surface area contributed by atoms with Gasteiger partial charge in [-0.3, -0.25) is 0 Å². The van der Waals surface area contributed by atoms with Crippen molar-refractivity contribution >= 4 is 65.8 Å². The van der Waals surface area contributed by atoms with Crippen molar-refractivity contribution in [1.29, 1.82) is 0 Å². The number of halogens is 3. The third-order valence-electron chi connectivity index (χ3n) is 16.0. The summed E-state index contributed by atoms with van der Waals surface area (Å²) in [4.78, 5) is 13.0. The summed E-state index contributed by atoms with van der Waals surface area (Å²) in [5, 5.41) is 6.32. The summed E-state index contributed by atoms with van der Waals surface area (Å²) in [7, 11) is 0. The van der Waals surface area contributed by atoms with E-state index in [1.165, 1.54) is 95.6 Å². The van der Waals surface area contributed by atoms with Crippen molar-refractivity contribution in [3.05, 3.63) is 198 Å². The molecule has 6 heterocycles. The Kier molecular flexibility index (Phi) is 22.8. The van der Waals surface area contributed by atoms with Crippen molar-refractivity contribution in [1.82, 2.24) is 15.0 Å². The number of fused-ring (bicyclic) bond motifs is 9. The first kappa shape index (κ1) is 62.1. The van der Waals surface area contributed by atoms with E-state index in [-0.39, 0.29) is 37.6 Å². The van der Waals surface area contributed by atoms with Crippen LogP contribution in [0.2, 0.25) is 0 Å². The smallest absolute Gasteiger partial charge is 0.501 e. The first-order chi connectivity index (χ1) is 41.3. The number of benzene rings is 6. The largest absolute Gasteiger partial charge is 3.00 e. The quantitative estimate of drug-likeness (QED) is 0.0443. The fourth-order valence-electron chi connectivity index (χ4n) is 11.4. The van der Waals surface area contributed by atoms with Gasteiger partial charge in [-0.25, -0.2) is 13.2 Å². The molecule has 438 valence electrons. The van der Waals surface area contributed by atoms with Crippen molar-refractivity contribution in [2.75, 3.05) is 0 Å². The van der Waals surface area contributed by atoms with Gasteiger partial charge in [0.05, 0.1) is 35.3 Å². The molecular formula is C75H75F3IrN3O3. The number of para-hydroxylation sites is 3. The normalized spacial score (nSPS) is 11.4. The third kappa shape index (κ3) is 15.4. The second kappa shape index (κ2) is 31.1. The predicted molar refractivity (Wildman–Crippen MR) is 338 cm³/mol. The maximum absolute atomic E-state index is 14.3. The number of unbranched alkanes of at least 4 members (excludes halogenated alkanes) is 15. The molecule has 0 aliphatic heterocycles. The van der Waals surface area contributed by atoms with Crippen molar-refractivity contribution in [3.63, 3.8) is 0 Å². The number of hydrogen-bond donors (Lipinski definition) is 0. The Hall–Kier alpha value is -7.39. The molecule has 85 heavy (non-hydrogen) atoms. The van der Waals surface area contributed by atoms with Gasteiger partial charge in [0.2, 0.25) is 0 Å². The van der Waals surface area contributed by atoms with Crippen LogP contribution in [0.3, 0.4) is 0 Å². The first-order valence-corrected chi connectivity index (χ1v) is 30.7. The molecule has 0 amide bonds. The summed E-state index contributed by atoms with van der Waals surface area (Å²) in [5.74, 6) is -0.683. The third-order valence-corrected chi connectivity index (χ3v) is 16.0. The fraction of sp³-hybridized carbons (Fsp3) is 0.320. The van der Waals surface area contributed by atoms with Crippen LogP contribution in [0, 0.1) is 35.7 Å². The zero-order valence-corrected chi connectivity index (χ0v) is 51.6. The molecule has 10 heteroatoms. The molecule has 0 aliphatic rings. The van der Waals surface area contributed by atoms with E-state index >= 15 is 0 Å². The topological polar surface area (TPSA) is 78.1 Å². The summed E-state index contributed by atoms with van der Waals surface area (Å²) in [6.45, 7) is 6.65. The van der Waals surface area contributed by atoms with E-state index in [2.05, 4.69) is 53.9 Å². The molecule has 6 aromatic heterocycles. The molecule has 0 aliphatic carbocycles. The molecule has 6 nitrogen and oxygen atoms in total. The minimum atomic E-state index is -0.228. The van der Waals surface area contributed by atoms with E-state index in [1.54, 1.807) is 0 Å². The van der Waals surface area contributed by atoms with Crippen LogP contribution in [0.1, 0.15) is 153 Å². The zero-order chi connectivity index (χ0) is 58.0. The average molecular weight is 1320 g/mol. The number of hydrogen-bond acceptors (Lipinski definition) is 6. The van der Waals surface area contributed by atoms with Crippen molar-refractivity contribution < 1.29 is 46.5 Å².